The minimum absolute atomic E-state index is 0.325. The second kappa shape index (κ2) is 4.19. The van der Waals surface area contributed by atoms with E-state index in [4.69, 9.17) is 0 Å². The predicted octanol–water partition coefficient (Wildman–Crippen LogP) is 1.17. The molecule has 0 atom stereocenters. The summed E-state index contributed by atoms with van der Waals surface area (Å²) in [5.41, 5.74) is 1.02. The lowest BCUT2D eigenvalue weighted by atomic mass is 9.96. The zero-order chi connectivity index (χ0) is 9.97. The summed E-state index contributed by atoms with van der Waals surface area (Å²) in [6, 6.07) is 0. The highest BCUT2D eigenvalue weighted by Crippen LogP contribution is 2.14. The normalized spacial score (nSPS) is 16.6. The van der Waals surface area contributed by atoms with E-state index in [-0.39, 0.29) is 0 Å². The highest BCUT2D eigenvalue weighted by atomic mass is 32.1. The fraction of sp³-hybridized carbons (Fsp3) is 0.600. The van der Waals surface area contributed by atoms with Crippen molar-refractivity contribution in [2.24, 2.45) is 5.92 Å². The van der Waals surface area contributed by atoms with Crippen molar-refractivity contribution in [1.29, 1.82) is 0 Å². The van der Waals surface area contributed by atoms with E-state index < -0.39 is 0 Å². The maximum atomic E-state index is 11.6. The van der Waals surface area contributed by atoms with Crippen LogP contribution < -0.4 is 5.32 Å². The Morgan fingerprint density at radius 2 is 2.50 bits per heavy atom. The van der Waals surface area contributed by atoms with E-state index in [2.05, 4.69) is 10.3 Å². The van der Waals surface area contributed by atoms with Crippen LogP contribution in [-0.4, -0.2) is 23.9 Å². The number of nitrogens with zero attached hydrogens (tertiary/aromatic N) is 1. The Bertz CT molecular complexity index is 331. The molecule has 1 aromatic rings. The summed E-state index contributed by atoms with van der Waals surface area (Å²) < 4.78 is 0. The fourth-order valence-corrected chi connectivity index (χ4v) is 2.34. The van der Waals surface area contributed by atoms with E-state index in [9.17, 15) is 4.79 Å². The molecular weight excluding hydrogens is 196 g/mol. The second-order valence-electron chi connectivity index (χ2n) is 3.83. The summed E-state index contributed by atoms with van der Waals surface area (Å²) in [4.78, 5) is 15.8. The lowest BCUT2D eigenvalue weighted by Crippen LogP contribution is -2.43. The third-order valence-electron chi connectivity index (χ3n) is 2.40. The summed E-state index contributed by atoms with van der Waals surface area (Å²) in [5.74, 6) is 0.898. The first kappa shape index (κ1) is 9.80. The van der Waals surface area contributed by atoms with Crippen molar-refractivity contribution in [3.05, 3.63) is 16.1 Å². The van der Waals surface area contributed by atoms with Gasteiger partial charge in [-0.05, 0) is 25.9 Å². The van der Waals surface area contributed by atoms with Crippen LogP contribution in [0, 0.1) is 12.8 Å². The van der Waals surface area contributed by atoms with Gasteiger partial charge in [0.2, 0.25) is 0 Å². The number of thiazole rings is 1. The minimum atomic E-state index is 0.325. The molecule has 0 radical (unpaired) electrons. The number of hydrogen-bond donors (Lipinski definition) is 1. The zero-order valence-electron chi connectivity index (χ0n) is 8.25. The summed E-state index contributed by atoms with van der Waals surface area (Å²) in [5, 5.41) is 6.12. The molecule has 0 aromatic carbocycles. The van der Waals surface area contributed by atoms with Crippen LogP contribution in [0.5, 0.6) is 0 Å². The van der Waals surface area contributed by atoms with E-state index in [0.717, 1.165) is 23.8 Å². The molecule has 0 spiro atoms. The zero-order valence-corrected chi connectivity index (χ0v) is 9.06. The fourth-order valence-electron chi connectivity index (χ4n) is 1.54. The second-order valence-corrected chi connectivity index (χ2v) is 4.77. The first-order valence-electron chi connectivity index (χ1n) is 4.87. The van der Waals surface area contributed by atoms with Gasteiger partial charge < -0.3 is 5.32 Å². The van der Waals surface area contributed by atoms with Crippen LogP contribution in [0.1, 0.15) is 17.1 Å². The predicted molar refractivity (Wildman–Crippen MR) is 56.5 cm³/mol. The van der Waals surface area contributed by atoms with Crippen molar-refractivity contribution in [2.75, 3.05) is 13.1 Å². The molecule has 1 aliphatic rings. The Hall–Kier alpha value is -0.740. The summed E-state index contributed by atoms with van der Waals surface area (Å²) in [7, 11) is 0. The summed E-state index contributed by atoms with van der Waals surface area (Å²) in [6.45, 7) is 3.96. The number of nitrogens with one attached hydrogen (secondary N) is 1. The van der Waals surface area contributed by atoms with Crippen molar-refractivity contribution in [3.63, 3.8) is 0 Å². The van der Waals surface area contributed by atoms with Crippen LogP contribution >= 0.6 is 11.3 Å². The van der Waals surface area contributed by atoms with Crippen LogP contribution in [0.3, 0.4) is 0 Å². The molecular formula is C10H14N2OS. The molecule has 2 heterocycles. The molecule has 4 heteroatoms. The SMILES string of the molecule is Cc1csc(CC(=O)CC2CNC2)n1. The van der Waals surface area contributed by atoms with E-state index in [1.807, 2.05) is 12.3 Å². The van der Waals surface area contributed by atoms with E-state index >= 15 is 0 Å². The molecule has 0 saturated carbocycles. The van der Waals surface area contributed by atoms with Gasteiger partial charge >= 0.3 is 0 Å². The number of hydrogen-bond acceptors (Lipinski definition) is 4. The number of aryl methyl sites for hydroxylation is 1. The molecule has 1 saturated heterocycles. The highest BCUT2D eigenvalue weighted by molar-refractivity contribution is 7.09. The van der Waals surface area contributed by atoms with Crippen LogP contribution in [-0.2, 0) is 11.2 Å². The van der Waals surface area contributed by atoms with Gasteiger partial charge in [-0.3, -0.25) is 4.79 Å². The number of ketones is 1. The Kier molecular flexibility index (Phi) is 2.93. The lowest BCUT2D eigenvalue weighted by Gasteiger charge is -2.26. The van der Waals surface area contributed by atoms with Crippen molar-refractivity contribution in [1.82, 2.24) is 10.3 Å². The van der Waals surface area contributed by atoms with Crippen LogP contribution in [0.15, 0.2) is 5.38 Å². The maximum absolute atomic E-state index is 11.6. The summed E-state index contributed by atoms with van der Waals surface area (Å²) >= 11 is 1.58. The van der Waals surface area contributed by atoms with Crippen LogP contribution in [0.25, 0.3) is 0 Å². The highest BCUT2D eigenvalue weighted by Gasteiger charge is 2.20. The quantitative estimate of drug-likeness (QED) is 0.811. The van der Waals surface area contributed by atoms with Gasteiger partial charge in [0.15, 0.2) is 0 Å². The van der Waals surface area contributed by atoms with Gasteiger partial charge in [0.25, 0.3) is 0 Å². The summed E-state index contributed by atoms with van der Waals surface area (Å²) in [6.07, 6.45) is 1.24. The lowest BCUT2D eigenvalue weighted by molar-refractivity contribution is -0.119. The van der Waals surface area contributed by atoms with Crippen molar-refractivity contribution >= 4 is 17.1 Å². The Labute approximate surface area is 87.6 Å². The van der Waals surface area contributed by atoms with Gasteiger partial charge in [0.1, 0.15) is 10.8 Å². The molecule has 2 rings (SSSR count). The van der Waals surface area contributed by atoms with Gasteiger partial charge in [-0.2, -0.15) is 0 Å². The Morgan fingerprint density at radius 1 is 1.71 bits per heavy atom. The maximum Gasteiger partial charge on any atom is 0.140 e. The minimum Gasteiger partial charge on any atom is -0.316 e. The molecule has 14 heavy (non-hydrogen) atoms. The van der Waals surface area contributed by atoms with Crippen LogP contribution in [0.4, 0.5) is 0 Å². The topological polar surface area (TPSA) is 42.0 Å². The van der Waals surface area contributed by atoms with E-state index in [0.29, 0.717) is 24.5 Å². The third kappa shape index (κ3) is 2.39. The molecule has 1 aliphatic heterocycles. The molecule has 0 amide bonds. The van der Waals surface area contributed by atoms with Crippen molar-refractivity contribution in [3.8, 4) is 0 Å². The molecule has 0 unspecified atom stereocenters. The molecule has 76 valence electrons. The van der Waals surface area contributed by atoms with Crippen molar-refractivity contribution < 1.29 is 4.79 Å². The smallest absolute Gasteiger partial charge is 0.140 e. The van der Waals surface area contributed by atoms with Crippen molar-refractivity contribution in [2.45, 2.75) is 19.8 Å². The first-order chi connectivity index (χ1) is 6.74. The largest absolute Gasteiger partial charge is 0.316 e. The van der Waals surface area contributed by atoms with E-state index in [1.54, 1.807) is 11.3 Å². The average molecular weight is 210 g/mol. The monoisotopic (exact) mass is 210 g/mol. The Balaban J connectivity index is 1.81. The standard InChI is InChI=1S/C10H14N2OS/c1-7-6-14-10(12-7)3-9(13)2-8-4-11-5-8/h6,8,11H,2-5H2,1H3. The molecule has 0 bridgehead atoms. The third-order valence-corrected chi connectivity index (χ3v) is 3.36. The molecule has 3 nitrogen and oxygen atoms in total. The molecule has 1 N–H and O–H groups in total. The van der Waals surface area contributed by atoms with Gasteiger partial charge in [-0.25, -0.2) is 4.98 Å². The van der Waals surface area contributed by atoms with E-state index in [1.165, 1.54) is 0 Å². The van der Waals surface area contributed by atoms with Gasteiger partial charge in [-0.15, -0.1) is 11.3 Å². The number of rotatable bonds is 4. The van der Waals surface area contributed by atoms with Gasteiger partial charge in [-0.1, -0.05) is 0 Å². The van der Waals surface area contributed by atoms with Gasteiger partial charge in [0, 0.05) is 17.5 Å². The Morgan fingerprint density at radius 3 is 3.00 bits per heavy atom. The number of Topliss-reactive ketones (excluding diaryl/α,β-unsaturated/α-hetero) is 1. The average Bonchev–Trinajstić information content (AvgIpc) is 2.44. The number of carbonyl (C=O) groups excluding carboxylic acids is 1. The molecule has 1 aromatic heterocycles. The molecule has 0 aliphatic carbocycles. The van der Waals surface area contributed by atoms with Crippen LogP contribution in [0.2, 0.25) is 0 Å². The van der Waals surface area contributed by atoms with Gasteiger partial charge in [0.05, 0.1) is 6.42 Å². The number of aromatic nitrogens is 1. The number of carbonyl (C=O) groups is 1. The molecule has 1 fully saturated rings. The first-order valence-corrected chi connectivity index (χ1v) is 5.75.